The highest BCUT2D eigenvalue weighted by molar-refractivity contribution is 7.09. The second-order valence-electron chi connectivity index (χ2n) is 6.85. The van der Waals surface area contributed by atoms with Gasteiger partial charge in [-0.3, -0.25) is 0 Å². The standard InChI is InChI=1S/C17H23F3N4OS/c1-11(25-3)16-21-13(10-26-16)8-23(2)6-12-4-5-15-22-14(17(18,19)20)9-24(15)7-12/h9-12H,4-8H2,1-3H3/t11-,12-/m1/s1. The molecule has 3 rings (SSSR count). The summed E-state index contributed by atoms with van der Waals surface area (Å²) in [6.45, 7) is 4.07. The smallest absolute Gasteiger partial charge is 0.375 e. The van der Waals surface area contributed by atoms with Crippen molar-refractivity contribution >= 4 is 11.3 Å². The number of hydrogen-bond donors (Lipinski definition) is 0. The maximum absolute atomic E-state index is 12.8. The largest absolute Gasteiger partial charge is 0.434 e. The molecule has 2 aromatic rings. The zero-order valence-corrected chi connectivity index (χ0v) is 15.9. The van der Waals surface area contributed by atoms with E-state index in [1.807, 2.05) is 19.4 Å². The van der Waals surface area contributed by atoms with Gasteiger partial charge in [0.1, 0.15) is 16.9 Å². The van der Waals surface area contributed by atoms with Gasteiger partial charge in [0, 0.05) is 44.7 Å². The van der Waals surface area contributed by atoms with Crippen LogP contribution in [0.1, 0.15) is 41.7 Å². The Labute approximate surface area is 154 Å². The average molecular weight is 388 g/mol. The fourth-order valence-corrected chi connectivity index (χ4v) is 4.11. The highest BCUT2D eigenvalue weighted by Gasteiger charge is 2.35. The molecule has 0 amide bonds. The van der Waals surface area contributed by atoms with Gasteiger partial charge in [-0.1, -0.05) is 0 Å². The first-order valence-electron chi connectivity index (χ1n) is 8.55. The number of halogens is 3. The number of ether oxygens (including phenoxy) is 1. The first kappa shape index (κ1) is 19.3. The van der Waals surface area contributed by atoms with E-state index >= 15 is 0 Å². The van der Waals surface area contributed by atoms with Crippen molar-refractivity contribution < 1.29 is 17.9 Å². The molecule has 1 aliphatic heterocycles. The molecule has 144 valence electrons. The fourth-order valence-electron chi connectivity index (χ4n) is 3.26. The van der Waals surface area contributed by atoms with Crippen LogP contribution in [0, 0.1) is 5.92 Å². The fraction of sp³-hybridized carbons (Fsp3) is 0.647. The molecule has 0 saturated heterocycles. The molecule has 5 nitrogen and oxygen atoms in total. The van der Waals surface area contributed by atoms with Gasteiger partial charge in [-0.15, -0.1) is 11.3 Å². The van der Waals surface area contributed by atoms with Crippen LogP contribution in [-0.2, 0) is 30.4 Å². The lowest BCUT2D eigenvalue weighted by Gasteiger charge is -2.27. The number of rotatable bonds is 6. The minimum absolute atomic E-state index is 0.0140. The van der Waals surface area contributed by atoms with Gasteiger partial charge >= 0.3 is 6.18 Å². The second-order valence-corrected chi connectivity index (χ2v) is 7.74. The van der Waals surface area contributed by atoms with E-state index in [0.29, 0.717) is 31.3 Å². The third-order valence-electron chi connectivity index (χ3n) is 4.65. The van der Waals surface area contributed by atoms with Crippen molar-refractivity contribution in [2.24, 2.45) is 5.92 Å². The molecule has 3 heterocycles. The Balaban J connectivity index is 1.56. The molecule has 0 aliphatic carbocycles. The van der Waals surface area contributed by atoms with Gasteiger partial charge in [0.25, 0.3) is 0 Å². The minimum Gasteiger partial charge on any atom is -0.375 e. The van der Waals surface area contributed by atoms with Gasteiger partial charge in [0.05, 0.1) is 5.69 Å². The van der Waals surface area contributed by atoms with Crippen LogP contribution < -0.4 is 0 Å². The highest BCUT2D eigenvalue weighted by atomic mass is 32.1. The van der Waals surface area contributed by atoms with E-state index < -0.39 is 11.9 Å². The Morgan fingerprint density at radius 1 is 1.42 bits per heavy atom. The van der Waals surface area contributed by atoms with Crippen LogP contribution in [0.15, 0.2) is 11.6 Å². The molecule has 0 aromatic carbocycles. The Kier molecular flexibility index (Phi) is 5.69. The van der Waals surface area contributed by atoms with Crippen molar-refractivity contribution in [1.29, 1.82) is 0 Å². The number of fused-ring (bicyclic) bond motifs is 1. The third kappa shape index (κ3) is 4.44. The number of aromatic nitrogens is 3. The topological polar surface area (TPSA) is 43.2 Å². The first-order valence-corrected chi connectivity index (χ1v) is 9.43. The van der Waals surface area contributed by atoms with Crippen LogP contribution in [0.3, 0.4) is 0 Å². The van der Waals surface area contributed by atoms with E-state index in [0.717, 1.165) is 29.9 Å². The molecular formula is C17H23F3N4OS. The maximum Gasteiger partial charge on any atom is 0.434 e. The third-order valence-corrected chi connectivity index (χ3v) is 5.71. The first-order chi connectivity index (χ1) is 12.3. The van der Waals surface area contributed by atoms with E-state index in [-0.39, 0.29) is 6.10 Å². The second kappa shape index (κ2) is 7.66. The number of alkyl halides is 3. The predicted molar refractivity (Wildman–Crippen MR) is 92.9 cm³/mol. The molecule has 0 bridgehead atoms. The zero-order valence-electron chi connectivity index (χ0n) is 15.1. The van der Waals surface area contributed by atoms with Gasteiger partial charge < -0.3 is 14.2 Å². The van der Waals surface area contributed by atoms with E-state index in [4.69, 9.17) is 4.74 Å². The van der Waals surface area contributed by atoms with E-state index in [1.54, 1.807) is 23.0 Å². The van der Waals surface area contributed by atoms with Crippen LogP contribution in [0.25, 0.3) is 0 Å². The molecule has 0 N–H and O–H groups in total. The number of aryl methyl sites for hydroxylation is 1. The molecule has 2 aromatic heterocycles. The van der Waals surface area contributed by atoms with Crippen molar-refractivity contribution in [3.05, 3.63) is 33.8 Å². The molecular weight excluding hydrogens is 365 g/mol. The summed E-state index contributed by atoms with van der Waals surface area (Å²) in [6.07, 6.45) is -1.82. The van der Waals surface area contributed by atoms with E-state index in [1.165, 1.54) is 0 Å². The van der Waals surface area contributed by atoms with Gasteiger partial charge in [-0.2, -0.15) is 13.2 Å². The van der Waals surface area contributed by atoms with E-state index in [2.05, 4.69) is 14.9 Å². The van der Waals surface area contributed by atoms with Crippen molar-refractivity contribution in [3.8, 4) is 0 Å². The number of methoxy groups -OCH3 is 1. The summed E-state index contributed by atoms with van der Waals surface area (Å²) in [4.78, 5) is 10.5. The molecule has 26 heavy (non-hydrogen) atoms. The van der Waals surface area contributed by atoms with Gasteiger partial charge in [-0.05, 0) is 26.3 Å². The number of imidazole rings is 1. The average Bonchev–Trinajstić information content (AvgIpc) is 3.20. The van der Waals surface area contributed by atoms with Crippen LogP contribution >= 0.6 is 11.3 Å². The minimum atomic E-state index is -4.38. The molecule has 2 atom stereocenters. The van der Waals surface area contributed by atoms with Crippen molar-refractivity contribution in [1.82, 2.24) is 19.4 Å². The Morgan fingerprint density at radius 3 is 2.88 bits per heavy atom. The molecule has 0 radical (unpaired) electrons. The molecule has 0 fully saturated rings. The molecule has 0 saturated carbocycles. The summed E-state index contributed by atoms with van der Waals surface area (Å²) in [5, 5.41) is 2.99. The number of nitrogens with zero attached hydrogens (tertiary/aromatic N) is 4. The summed E-state index contributed by atoms with van der Waals surface area (Å²) in [7, 11) is 3.68. The summed E-state index contributed by atoms with van der Waals surface area (Å²) in [5.74, 6) is 0.840. The van der Waals surface area contributed by atoms with Crippen molar-refractivity contribution in [2.75, 3.05) is 20.7 Å². The zero-order chi connectivity index (χ0) is 18.9. The lowest BCUT2D eigenvalue weighted by atomic mass is 9.99. The summed E-state index contributed by atoms with van der Waals surface area (Å²) < 4.78 is 45.4. The summed E-state index contributed by atoms with van der Waals surface area (Å²) in [6, 6.07) is 0. The highest BCUT2D eigenvalue weighted by Crippen LogP contribution is 2.31. The normalized spacial score (nSPS) is 19.0. The monoisotopic (exact) mass is 388 g/mol. The predicted octanol–water partition coefficient (Wildman–Crippen LogP) is 3.76. The molecule has 1 aliphatic rings. The van der Waals surface area contributed by atoms with Gasteiger partial charge in [-0.25, -0.2) is 9.97 Å². The SMILES string of the molecule is CO[C@H](C)c1nc(CN(C)C[C@H]2CCc3nc(C(F)(F)F)cn3C2)cs1. The van der Waals surface area contributed by atoms with Crippen molar-refractivity contribution in [3.63, 3.8) is 0 Å². The Hall–Kier alpha value is -1.45. The summed E-state index contributed by atoms with van der Waals surface area (Å²) in [5.41, 5.74) is 0.207. The number of thiazole rings is 1. The van der Waals surface area contributed by atoms with Gasteiger partial charge in [0.15, 0.2) is 5.69 Å². The Bertz CT molecular complexity index is 743. The lowest BCUT2D eigenvalue weighted by molar-refractivity contribution is -0.141. The number of hydrogen-bond acceptors (Lipinski definition) is 5. The van der Waals surface area contributed by atoms with Crippen LogP contribution in [0.5, 0.6) is 0 Å². The van der Waals surface area contributed by atoms with Crippen molar-refractivity contribution in [2.45, 2.75) is 45.1 Å². The lowest BCUT2D eigenvalue weighted by Crippen LogP contribution is -2.31. The van der Waals surface area contributed by atoms with Crippen LogP contribution in [0.2, 0.25) is 0 Å². The van der Waals surface area contributed by atoms with Gasteiger partial charge in [0.2, 0.25) is 0 Å². The molecule has 9 heteroatoms. The summed E-state index contributed by atoms with van der Waals surface area (Å²) >= 11 is 1.58. The molecule has 0 spiro atoms. The maximum atomic E-state index is 12.8. The van der Waals surface area contributed by atoms with Crippen LogP contribution in [0.4, 0.5) is 13.2 Å². The van der Waals surface area contributed by atoms with E-state index in [9.17, 15) is 13.2 Å². The van der Waals surface area contributed by atoms with Crippen LogP contribution in [-0.4, -0.2) is 40.1 Å². The molecule has 0 unspecified atom stereocenters. The Morgan fingerprint density at radius 2 is 2.19 bits per heavy atom. The quantitative estimate of drug-likeness (QED) is 0.756.